The Morgan fingerprint density at radius 3 is 2.47 bits per heavy atom. The molecule has 1 aromatic carbocycles. The van der Waals surface area contributed by atoms with Crippen molar-refractivity contribution in [1.29, 1.82) is 0 Å². The highest BCUT2D eigenvalue weighted by Crippen LogP contribution is 2.26. The van der Waals surface area contributed by atoms with Crippen LogP contribution >= 0.6 is 0 Å². The second kappa shape index (κ2) is 6.77. The van der Waals surface area contributed by atoms with Gasteiger partial charge in [-0.25, -0.2) is 0 Å². The van der Waals surface area contributed by atoms with Crippen molar-refractivity contribution in [2.45, 2.75) is 19.2 Å². The van der Waals surface area contributed by atoms with E-state index >= 15 is 0 Å². The predicted molar refractivity (Wildman–Crippen MR) is 66.1 cm³/mol. The Hall–Kier alpha value is -1.27. The minimum Gasteiger partial charge on any atom is -0.496 e. The number of halogens is 3. The zero-order chi connectivity index (χ0) is 14.5. The fraction of sp³-hybridized carbons (Fsp3) is 0.538. The molecule has 1 aromatic rings. The first-order valence-electron chi connectivity index (χ1n) is 5.97. The molecule has 1 unspecified atom stereocenters. The maximum absolute atomic E-state index is 12.3. The molecule has 1 rings (SSSR count). The van der Waals surface area contributed by atoms with E-state index in [0.717, 1.165) is 4.90 Å². The molecule has 0 aromatic heterocycles. The number of alkyl halides is 3. The third-order valence-electron chi connectivity index (χ3n) is 2.78. The number of para-hydroxylation sites is 1. The average molecular weight is 277 g/mol. The highest BCUT2D eigenvalue weighted by atomic mass is 19.4. The third kappa shape index (κ3) is 5.08. The van der Waals surface area contributed by atoms with Gasteiger partial charge in [0.15, 0.2) is 0 Å². The largest absolute Gasteiger partial charge is 0.496 e. The van der Waals surface area contributed by atoms with Crippen LogP contribution in [0.1, 0.15) is 18.6 Å². The molecule has 0 bridgehead atoms. The maximum atomic E-state index is 12.3. The molecule has 0 spiro atoms. The predicted octanol–water partition coefficient (Wildman–Crippen LogP) is 2.61. The minimum atomic E-state index is -4.27. The van der Waals surface area contributed by atoms with E-state index in [1.807, 2.05) is 0 Å². The second-order valence-electron chi connectivity index (χ2n) is 4.20. The summed E-state index contributed by atoms with van der Waals surface area (Å²) in [6.07, 6.45) is -5.28. The van der Waals surface area contributed by atoms with Gasteiger partial charge in [-0.1, -0.05) is 25.1 Å². The molecule has 0 aliphatic carbocycles. The van der Waals surface area contributed by atoms with Crippen LogP contribution in [0, 0.1) is 0 Å². The summed E-state index contributed by atoms with van der Waals surface area (Å²) in [4.78, 5) is 1.15. The van der Waals surface area contributed by atoms with E-state index in [2.05, 4.69) is 0 Å². The number of rotatable bonds is 6. The summed E-state index contributed by atoms with van der Waals surface area (Å²) >= 11 is 0. The van der Waals surface area contributed by atoms with Crippen molar-refractivity contribution in [3.8, 4) is 5.75 Å². The van der Waals surface area contributed by atoms with Gasteiger partial charge in [-0.2, -0.15) is 13.2 Å². The number of nitrogens with zero attached hydrogens (tertiary/aromatic N) is 1. The minimum absolute atomic E-state index is 0.0869. The number of benzene rings is 1. The van der Waals surface area contributed by atoms with Crippen LogP contribution in [0.15, 0.2) is 24.3 Å². The molecule has 19 heavy (non-hydrogen) atoms. The van der Waals surface area contributed by atoms with E-state index in [-0.39, 0.29) is 13.1 Å². The Morgan fingerprint density at radius 2 is 1.95 bits per heavy atom. The van der Waals surface area contributed by atoms with Crippen molar-refractivity contribution >= 4 is 0 Å². The highest BCUT2D eigenvalue weighted by molar-refractivity contribution is 5.35. The second-order valence-corrected chi connectivity index (χ2v) is 4.20. The fourth-order valence-corrected chi connectivity index (χ4v) is 1.84. The lowest BCUT2D eigenvalue weighted by molar-refractivity contribution is -0.148. The third-order valence-corrected chi connectivity index (χ3v) is 2.78. The molecule has 108 valence electrons. The Labute approximate surface area is 110 Å². The lowest BCUT2D eigenvalue weighted by Crippen LogP contribution is -2.37. The van der Waals surface area contributed by atoms with Crippen LogP contribution in [0.2, 0.25) is 0 Å². The number of hydrogen-bond acceptors (Lipinski definition) is 3. The zero-order valence-electron chi connectivity index (χ0n) is 10.9. The summed E-state index contributed by atoms with van der Waals surface area (Å²) in [5.74, 6) is 0.470. The first-order chi connectivity index (χ1) is 8.87. The fourth-order valence-electron chi connectivity index (χ4n) is 1.84. The van der Waals surface area contributed by atoms with Crippen LogP contribution in [-0.2, 0) is 0 Å². The van der Waals surface area contributed by atoms with Crippen molar-refractivity contribution in [1.82, 2.24) is 4.90 Å². The molecule has 0 heterocycles. The molecule has 0 fully saturated rings. The first-order valence-corrected chi connectivity index (χ1v) is 5.97. The van der Waals surface area contributed by atoms with Crippen molar-refractivity contribution in [2.24, 2.45) is 0 Å². The molecule has 0 aliphatic rings. The van der Waals surface area contributed by atoms with Gasteiger partial charge in [-0.3, -0.25) is 4.90 Å². The van der Waals surface area contributed by atoms with E-state index < -0.39 is 18.8 Å². The molecule has 1 N–H and O–H groups in total. The monoisotopic (exact) mass is 277 g/mol. The summed E-state index contributed by atoms with van der Waals surface area (Å²) in [5, 5.41) is 10.0. The number of hydrogen-bond donors (Lipinski definition) is 1. The van der Waals surface area contributed by atoms with Gasteiger partial charge in [0.05, 0.1) is 19.8 Å². The molecule has 3 nitrogen and oxygen atoms in total. The van der Waals surface area contributed by atoms with Crippen molar-refractivity contribution < 1.29 is 23.0 Å². The van der Waals surface area contributed by atoms with Crippen LogP contribution in [0.25, 0.3) is 0 Å². The van der Waals surface area contributed by atoms with E-state index in [0.29, 0.717) is 11.3 Å². The van der Waals surface area contributed by atoms with Crippen LogP contribution in [0.5, 0.6) is 5.75 Å². The lowest BCUT2D eigenvalue weighted by atomic mass is 10.1. The smallest absolute Gasteiger partial charge is 0.401 e. The number of aliphatic hydroxyl groups is 1. The van der Waals surface area contributed by atoms with Crippen LogP contribution in [0.3, 0.4) is 0 Å². The quantitative estimate of drug-likeness (QED) is 0.867. The highest BCUT2D eigenvalue weighted by Gasteiger charge is 2.31. The standard InChI is InChI=1S/C13H18F3NO2/c1-3-17(9-13(14,15)16)8-11(18)10-6-4-5-7-12(10)19-2/h4-7,11,18H,3,8-9H2,1-2H3. The van der Waals surface area contributed by atoms with E-state index in [9.17, 15) is 18.3 Å². The molecule has 0 radical (unpaired) electrons. The first kappa shape index (κ1) is 15.8. The SMILES string of the molecule is CCN(CC(O)c1ccccc1OC)CC(F)(F)F. The van der Waals surface area contributed by atoms with E-state index in [4.69, 9.17) is 4.74 Å². The number of aliphatic hydroxyl groups excluding tert-OH is 1. The van der Waals surface area contributed by atoms with Gasteiger partial charge >= 0.3 is 6.18 Å². The van der Waals surface area contributed by atoms with Gasteiger partial charge in [-0.05, 0) is 12.6 Å². The molecule has 1 atom stereocenters. The molecule has 6 heteroatoms. The van der Waals surface area contributed by atoms with Gasteiger partial charge in [0, 0.05) is 12.1 Å². The zero-order valence-corrected chi connectivity index (χ0v) is 10.9. The molecular formula is C13H18F3NO2. The van der Waals surface area contributed by atoms with Gasteiger partial charge in [-0.15, -0.1) is 0 Å². The Morgan fingerprint density at radius 1 is 1.32 bits per heavy atom. The average Bonchev–Trinajstić information content (AvgIpc) is 2.36. The molecule has 0 aliphatic heterocycles. The van der Waals surface area contributed by atoms with Crippen molar-refractivity contribution in [3.05, 3.63) is 29.8 Å². The van der Waals surface area contributed by atoms with Gasteiger partial charge in [0.1, 0.15) is 5.75 Å². The summed E-state index contributed by atoms with van der Waals surface area (Å²) in [5.41, 5.74) is 0.491. The Balaban J connectivity index is 2.74. The summed E-state index contributed by atoms with van der Waals surface area (Å²) in [6.45, 7) is 0.721. The van der Waals surface area contributed by atoms with Crippen molar-refractivity contribution in [3.63, 3.8) is 0 Å². The van der Waals surface area contributed by atoms with Gasteiger partial charge < -0.3 is 9.84 Å². The summed E-state index contributed by atoms with van der Waals surface area (Å²) < 4.78 is 42.1. The number of likely N-dealkylation sites (N-methyl/N-ethyl adjacent to an activating group) is 1. The topological polar surface area (TPSA) is 32.7 Å². The summed E-state index contributed by atoms with van der Waals surface area (Å²) in [7, 11) is 1.46. The van der Waals surface area contributed by atoms with Crippen molar-refractivity contribution in [2.75, 3.05) is 26.7 Å². The van der Waals surface area contributed by atoms with Crippen LogP contribution in [0.4, 0.5) is 13.2 Å². The molecule has 0 saturated heterocycles. The molecular weight excluding hydrogens is 259 g/mol. The maximum Gasteiger partial charge on any atom is 0.401 e. The molecule has 0 saturated carbocycles. The van der Waals surface area contributed by atoms with Gasteiger partial charge in [0.25, 0.3) is 0 Å². The lowest BCUT2D eigenvalue weighted by Gasteiger charge is -2.25. The normalized spacial score (nSPS) is 13.6. The number of methoxy groups -OCH3 is 1. The Kier molecular flexibility index (Phi) is 5.62. The molecule has 0 amide bonds. The van der Waals surface area contributed by atoms with Crippen LogP contribution < -0.4 is 4.74 Å². The van der Waals surface area contributed by atoms with Crippen LogP contribution in [-0.4, -0.2) is 42.9 Å². The van der Waals surface area contributed by atoms with Gasteiger partial charge in [0.2, 0.25) is 0 Å². The number of ether oxygens (including phenoxy) is 1. The van der Waals surface area contributed by atoms with E-state index in [1.54, 1.807) is 31.2 Å². The Bertz CT molecular complexity index is 396. The van der Waals surface area contributed by atoms with E-state index in [1.165, 1.54) is 7.11 Å². The summed E-state index contributed by atoms with van der Waals surface area (Å²) in [6, 6.07) is 6.76.